The van der Waals surface area contributed by atoms with Gasteiger partial charge in [-0.3, -0.25) is 0 Å². The van der Waals surface area contributed by atoms with Gasteiger partial charge in [-0.1, -0.05) is 0 Å². The van der Waals surface area contributed by atoms with Crippen molar-refractivity contribution in [1.82, 2.24) is 25.3 Å². The second-order valence-corrected chi connectivity index (χ2v) is 4.80. The molecular weight excluding hydrogens is 238 g/mol. The van der Waals surface area contributed by atoms with Crippen molar-refractivity contribution in [2.75, 3.05) is 13.6 Å². The molecule has 0 fully saturated rings. The van der Waals surface area contributed by atoms with Gasteiger partial charge in [-0.05, 0) is 64.9 Å². The monoisotopic (exact) mass is 259 g/mol. The maximum absolute atomic E-state index is 4.58. The van der Waals surface area contributed by atoms with Gasteiger partial charge in [-0.2, -0.15) is 10.2 Å². The molecule has 0 aromatic carbocycles. The molecule has 0 saturated carbocycles. The van der Waals surface area contributed by atoms with E-state index in [1.54, 1.807) is 0 Å². The van der Waals surface area contributed by atoms with Crippen LogP contribution in [-0.2, 0) is 6.42 Å². The van der Waals surface area contributed by atoms with E-state index in [4.69, 9.17) is 0 Å². The van der Waals surface area contributed by atoms with Crippen LogP contribution in [0.25, 0.3) is 5.82 Å². The molecule has 1 N–H and O–H groups in total. The highest BCUT2D eigenvalue weighted by atomic mass is 15.3. The van der Waals surface area contributed by atoms with Crippen LogP contribution in [0.2, 0.25) is 0 Å². The molecule has 0 spiro atoms. The molecule has 0 aliphatic carbocycles. The van der Waals surface area contributed by atoms with Crippen LogP contribution in [0.5, 0.6) is 0 Å². The molecule has 2 rings (SSSR count). The highest BCUT2D eigenvalue weighted by Gasteiger charge is 2.13. The van der Waals surface area contributed by atoms with E-state index in [1.165, 1.54) is 5.56 Å². The summed E-state index contributed by atoms with van der Waals surface area (Å²) in [5.74, 6) is 0.783. The first-order chi connectivity index (χ1) is 9.13. The molecular formula is C14H21N5. The quantitative estimate of drug-likeness (QED) is 0.831. The van der Waals surface area contributed by atoms with E-state index < -0.39 is 0 Å². The van der Waals surface area contributed by atoms with E-state index in [-0.39, 0.29) is 0 Å². The molecule has 19 heavy (non-hydrogen) atoms. The molecule has 0 bridgehead atoms. The second kappa shape index (κ2) is 5.93. The first kappa shape index (κ1) is 13.7. The summed E-state index contributed by atoms with van der Waals surface area (Å²) in [6, 6.07) is 3.92. The third kappa shape index (κ3) is 2.98. The van der Waals surface area contributed by atoms with Gasteiger partial charge in [-0.15, -0.1) is 5.10 Å². The summed E-state index contributed by atoms with van der Waals surface area (Å²) in [6.07, 6.45) is 2.15. The van der Waals surface area contributed by atoms with Crippen LogP contribution < -0.4 is 5.32 Å². The summed E-state index contributed by atoms with van der Waals surface area (Å²) in [5.41, 5.74) is 4.47. The molecule has 5 heteroatoms. The summed E-state index contributed by atoms with van der Waals surface area (Å²) >= 11 is 0. The topological polar surface area (TPSA) is 55.6 Å². The van der Waals surface area contributed by atoms with Crippen molar-refractivity contribution in [1.29, 1.82) is 0 Å². The second-order valence-electron chi connectivity index (χ2n) is 4.80. The minimum absolute atomic E-state index is 0.783. The first-order valence-electron chi connectivity index (χ1n) is 6.64. The number of nitrogens with one attached hydrogen (secondary N) is 1. The summed E-state index contributed by atoms with van der Waals surface area (Å²) in [4.78, 5) is 0. The maximum Gasteiger partial charge on any atom is 0.175 e. The lowest BCUT2D eigenvalue weighted by Gasteiger charge is -2.04. The summed E-state index contributed by atoms with van der Waals surface area (Å²) in [6.45, 7) is 7.10. The lowest BCUT2D eigenvalue weighted by molar-refractivity contribution is 0.720. The zero-order chi connectivity index (χ0) is 13.8. The van der Waals surface area contributed by atoms with Gasteiger partial charge >= 0.3 is 0 Å². The molecule has 0 saturated heterocycles. The summed E-state index contributed by atoms with van der Waals surface area (Å²) in [7, 11) is 1.98. The molecule has 2 aromatic heterocycles. The van der Waals surface area contributed by atoms with Crippen molar-refractivity contribution < 1.29 is 0 Å². The van der Waals surface area contributed by atoms with Crippen LogP contribution in [0, 0.1) is 20.8 Å². The fourth-order valence-electron chi connectivity index (χ4n) is 2.21. The van der Waals surface area contributed by atoms with Gasteiger partial charge in [0.25, 0.3) is 0 Å². The molecule has 0 aliphatic rings. The first-order valence-corrected chi connectivity index (χ1v) is 6.64. The molecule has 5 nitrogen and oxygen atoms in total. The average molecular weight is 259 g/mol. The Bertz CT molecular complexity index is 542. The average Bonchev–Trinajstić information content (AvgIpc) is 2.68. The third-order valence-electron chi connectivity index (χ3n) is 3.30. The Balaban J connectivity index is 2.27. The SMILES string of the molecule is CNCCCc1c(C)nn(-c2ccc(C)nn2)c1C. The van der Waals surface area contributed by atoms with Gasteiger partial charge in [0, 0.05) is 5.69 Å². The smallest absolute Gasteiger partial charge is 0.175 e. The maximum atomic E-state index is 4.58. The van der Waals surface area contributed by atoms with Crippen molar-refractivity contribution in [3.63, 3.8) is 0 Å². The lowest BCUT2D eigenvalue weighted by atomic mass is 10.1. The highest BCUT2D eigenvalue weighted by molar-refractivity contribution is 5.32. The van der Waals surface area contributed by atoms with Crippen LogP contribution in [0.1, 0.15) is 29.1 Å². The molecule has 0 atom stereocenters. The fraction of sp³-hybridized carbons (Fsp3) is 0.500. The van der Waals surface area contributed by atoms with E-state index in [0.717, 1.165) is 42.3 Å². The lowest BCUT2D eigenvalue weighted by Crippen LogP contribution is -2.09. The van der Waals surface area contributed by atoms with E-state index in [2.05, 4.69) is 34.5 Å². The minimum atomic E-state index is 0.783. The molecule has 0 amide bonds. The van der Waals surface area contributed by atoms with Gasteiger partial charge in [0.1, 0.15) is 0 Å². The zero-order valence-electron chi connectivity index (χ0n) is 12.1. The van der Waals surface area contributed by atoms with Crippen LogP contribution in [0.4, 0.5) is 0 Å². The normalized spacial score (nSPS) is 10.9. The van der Waals surface area contributed by atoms with Crippen molar-refractivity contribution in [2.24, 2.45) is 0 Å². The standard InChI is InChI=1S/C14H21N5/c1-10-7-8-14(17-16-10)19-12(3)13(11(2)18-19)6-5-9-15-4/h7-8,15H,5-6,9H2,1-4H3. The number of nitrogens with zero attached hydrogens (tertiary/aromatic N) is 4. The minimum Gasteiger partial charge on any atom is -0.320 e. The van der Waals surface area contributed by atoms with Gasteiger partial charge in [0.2, 0.25) is 0 Å². The Labute approximate surface area is 114 Å². The van der Waals surface area contributed by atoms with Gasteiger partial charge in [0.15, 0.2) is 5.82 Å². The Morgan fingerprint density at radius 3 is 2.58 bits per heavy atom. The molecule has 0 radical (unpaired) electrons. The van der Waals surface area contributed by atoms with E-state index in [9.17, 15) is 0 Å². The van der Waals surface area contributed by atoms with Gasteiger partial charge in [-0.25, -0.2) is 4.68 Å². The molecule has 102 valence electrons. The van der Waals surface area contributed by atoms with Crippen molar-refractivity contribution in [3.05, 3.63) is 34.8 Å². The van der Waals surface area contributed by atoms with E-state index >= 15 is 0 Å². The predicted octanol–water partition coefficient (Wildman–Crippen LogP) is 1.74. The van der Waals surface area contributed by atoms with Crippen LogP contribution in [0.15, 0.2) is 12.1 Å². The predicted molar refractivity (Wildman–Crippen MR) is 75.6 cm³/mol. The van der Waals surface area contributed by atoms with E-state index in [0.29, 0.717) is 0 Å². The molecule has 2 aromatic rings. The van der Waals surface area contributed by atoms with Crippen LogP contribution >= 0.6 is 0 Å². The van der Waals surface area contributed by atoms with Crippen molar-refractivity contribution in [2.45, 2.75) is 33.6 Å². The Kier molecular flexibility index (Phi) is 4.27. The Hall–Kier alpha value is -1.75. The Morgan fingerprint density at radius 1 is 1.16 bits per heavy atom. The Morgan fingerprint density at radius 2 is 1.95 bits per heavy atom. The van der Waals surface area contributed by atoms with E-state index in [1.807, 2.05) is 30.8 Å². The number of aryl methyl sites for hydroxylation is 2. The molecule has 0 unspecified atom stereocenters. The number of rotatable bonds is 5. The van der Waals surface area contributed by atoms with Crippen molar-refractivity contribution in [3.8, 4) is 5.82 Å². The van der Waals surface area contributed by atoms with Crippen molar-refractivity contribution >= 4 is 0 Å². The summed E-state index contributed by atoms with van der Waals surface area (Å²) in [5, 5.41) is 16.0. The van der Waals surface area contributed by atoms with Gasteiger partial charge in [0.05, 0.1) is 11.4 Å². The number of hydrogen-bond acceptors (Lipinski definition) is 4. The van der Waals surface area contributed by atoms with Crippen LogP contribution in [0.3, 0.4) is 0 Å². The van der Waals surface area contributed by atoms with Gasteiger partial charge < -0.3 is 5.32 Å². The molecule has 2 heterocycles. The molecule has 0 aliphatic heterocycles. The summed E-state index contributed by atoms with van der Waals surface area (Å²) < 4.78 is 1.89. The zero-order valence-corrected chi connectivity index (χ0v) is 12.1. The largest absolute Gasteiger partial charge is 0.320 e. The highest BCUT2D eigenvalue weighted by Crippen LogP contribution is 2.17. The number of hydrogen-bond donors (Lipinski definition) is 1. The fourth-order valence-corrected chi connectivity index (χ4v) is 2.21. The van der Waals surface area contributed by atoms with Crippen LogP contribution in [-0.4, -0.2) is 33.6 Å². The third-order valence-corrected chi connectivity index (χ3v) is 3.30. The number of aromatic nitrogens is 4.